The number of aromatic nitrogens is 2. The fourth-order valence-electron chi connectivity index (χ4n) is 3.36. The fraction of sp³-hybridized carbons (Fsp3) is 0.115. The molecule has 6 nitrogen and oxygen atoms in total. The van der Waals surface area contributed by atoms with Gasteiger partial charge in [-0.05, 0) is 74.0 Å². The molecule has 0 aliphatic heterocycles. The number of halogens is 2. The number of benzene rings is 3. The van der Waals surface area contributed by atoms with Crippen molar-refractivity contribution in [1.29, 1.82) is 5.26 Å². The maximum Gasteiger partial charge on any atom is 0.255 e. The minimum Gasteiger partial charge on any atom is -0.489 e. The molecule has 0 saturated heterocycles. The molecule has 0 saturated carbocycles. The van der Waals surface area contributed by atoms with Gasteiger partial charge in [-0.2, -0.15) is 10.4 Å². The van der Waals surface area contributed by atoms with Crippen LogP contribution in [0.4, 0.5) is 10.1 Å². The first-order valence-electron chi connectivity index (χ1n) is 10.4. The molecule has 34 heavy (non-hydrogen) atoms. The Kier molecular flexibility index (Phi) is 6.62. The van der Waals surface area contributed by atoms with E-state index < -0.39 is 5.82 Å². The topological polar surface area (TPSA) is 79.9 Å². The molecule has 3 aromatic carbocycles. The van der Waals surface area contributed by atoms with Gasteiger partial charge in [-0.3, -0.25) is 4.79 Å². The van der Waals surface area contributed by atoms with Crippen molar-refractivity contribution in [2.45, 2.75) is 20.5 Å². The zero-order valence-electron chi connectivity index (χ0n) is 18.5. The van der Waals surface area contributed by atoms with Gasteiger partial charge in [0, 0.05) is 11.3 Å². The number of nitrogens with zero attached hydrogens (tertiary/aromatic N) is 3. The molecule has 0 bridgehead atoms. The number of nitrogens with one attached hydrogen (secondary N) is 1. The molecule has 0 aliphatic carbocycles. The summed E-state index contributed by atoms with van der Waals surface area (Å²) < 4.78 is 21.9. The van der Waals surface area contributed by atoms with E-state index in [1.807, 2.05) is 12.1 Å². The van der Waals surface area contributed by atoms with Crippen LogP contribution in [-0.4, -0.2) is 15.7 Å². The quantitative estimate of drug-likeness (QED) is 0.372. The molecule has 0 unspecified atom stereocenters. The highest BCUT2D eigenvalue weighted by Gasteiger charge is 2.15. The van der Waals surface area contributed by atoms with E-state index in [1.165, 1.54) is 10.7 Å². The van der Waals surface area contributed by atoms with E-state index in [-0.39, 0.29) is 11.6 Å². The van der Waals surface area contributed by atoms with Crippen LogP contribution in [0.5, 0.6) is 5.75 Å². The molecule has 0 aliphatic rings. The number of amides is 1. The second-order valence-electron chi connectivity index (χ2n) is 7.64. The van der Waals surface area contributed by atoms with Gasteiger partial charge < -0.3 is 10.1 Å². The van der Waals surface area contributed by atoms with E-state index in [0.29, 0.717) is 45.6 Å². The Hall–Kier alpha value is -4.15. The van der Waals surface area contributed by atoms with E-state index in [0.717, 1.165) is 5.56 Å². The molecule has 0 radical (unpaired) electrons. The van der Waals surface area contributed by atoms with Crippen molar-refractivity contribution in [3.8, 4) is 17.5 Å². The molecular formula is C26H20ClFN4O2. The molecule has 4 rings (SSSR count). The van der Waals surface area contributed by atoms with Gasteiger partial charge in [0.15, 0.2) is 5.82 Å². The molecule has 0 spiro atoms. The predicted octanol–water partition coefficient (Wildman–Crippen LogP) is 5.98. The lowest BCUT2D eigenvalue weighted by Crippen LogP contribution is -2.12. The van der Waals surface area contributed by atoms with Crippen molar-refractivity contribution < 1.29 is 13.9 Å². The van der Waals surface area contributed by atoms with Gasteiger partial charge in [-0.25, -0.2) is 9.07 Å². The van der Waals surface area contributed by atoms with Crippen LogP contribution in [0, 0.1) is 31.0 Å². The number of carbonyl (C=O) groups is 1. The fourth-order valence-corrected chi connectivity index (χ4v) is 3.48. The minimum absolute atomic E-state index is 0.245. The van der Waals surface area contributed by atoms with Crippen LogP contribution in [0.25, 0.3) is 5.69 Å². The van der Waals surface area contributed by atoms with Gasteiger partial charge in [0.2, 0.25) is 0 Å². The number of nitriles is 1. The Bertz CT molecular complexity index is 1390. The lowest BCUT2D eigenvalue weighted by atomic mass is 10.1. The molecular weight excluding hydrogens is 455 g/mol. The number of ether oxygens (including phenoxy) is 1. The highest BCUT2D eigenvalue weighted by atomic mass is 35.5. The summed E-state index contributed by atoms with van der Waals surface area (Å²) in [5, 5.41) is 16.3. The van der Waals surface area contributed by atoms with Gasteiger partial charge in [0.1, 0.15) is 18.0 Å². The molecule has 1 N–H and O–H groups in total. The third kappa shape index (κ3) is 4.92. The summed E-state index contributed by atoms with van der Waals surface area (Å²) in [5.41, 5.74) is 3.73. The largest absolute Gasteiger partial charge is 0.489 e. The van der Waals surface area contributed by atoms with Gasteiger partial charge in [0.05, 0.1) is 28.0 Å². The first-order valence-corrected chi connectivity index (χ1v) is 10.8. The summed E-state index contributed by atoms with van der Waals surface area (Å²) in [7, 11) is 0. The first-order chi connectivity index (χ1) is 16.4. The van der Waals surface area contributed by atoms with Crippen LogP contribution in [0.3, 0.4) is 0 Å². The molecule has 8 heteroatoms. The van der Waals surface area contributed by atoms with Gasteiger partial charge >= 0.3 is 0 Å². The van der Waals surface area contributed by atoms with Crippen molar-refractivity contribution in [3.63, 3.8) is 0 Å². The number of aryl methyl sites for hydroxylation is 1. The minimum atomic E-state index is -0.536. The van der Waals surface area contributed by atoms with E-state index in [4.69, 9.17) is 21.6 Å². The van der Waals surface area contributed by atoms with Gasteiger partial charge in [0.25, 0.3) is 5.91 Å². The second kappa shape index (κ2) is 9.77. The van der Waals surface area contributed by atoms with Crippen LogP contribution >= 0.6 is 11.6 Å². The molecule has 1 aromatic heterocycles. The first kappa shape index (κ1) is 23.0. The summed E-state index contributed by atoms with van der Waals surface area (Å²) in [5.74, 6) is -0.313. The summed E-state index contributed by atoms with van der Waals surface area (Å²) in [6, 6.07) is 20.2. The van der Waals surface area contributed by atoms with Crippen molar-refractivity contribution in [2.75, 3.05) is 5.32 Å². The van der Waals surface area contributed by atoms with Crippen molar-refractivity contribution in [3.05, 3.63) is 106 Å². The Morgan fingerprint density at radius 1 is 1.12 bits per heavy atom. The average molecular weight is 475 g/mol. The van der Waals surface area contributed by atoms with Crippen LogP contribution in [0.1, 0.15) is 32.9 Å². The van der Waals surface area contributed by atoms with Crippen LogP contribution in [0.15, 0.2) is 66.7 Å². The van der Waals surface area contributed by atoms with E-state index >= 15 is 0 Å². The Morgan fingerprint density at radius 2 is 1.82 bits per heavy atom. The second-order valence-corrected chi connectivity index (χ2v) is 8.02. The van der Waals surface area contributed by atoms with Crippen molar-refractivity contribution in [2.24, 2.45) is 0 Å². The van der Waals surface area contributed by atoms with Gasteiger partial charge in [-0.1, -0.05) is 23.7 Å². The Balaban J connectivity index is 1.40. The van der Waals surface area contributed by atoms with Crippen LogP contribution in [-0.2, 0) is 6.61 Å². The highest BCUT2D eigenvalue weighted by Crippen LogP contribution is 2.25. The maximum absolute atomic E-state index is 14.7. The smallest absolute Gasteiger partial charge is 0.255 e. The lowest BCUT2D eigenvalue weighted by molar-refractivity contribution is 0.102. The summed E-state index contributed by atoms with van der Waals surface area (Å²) in [4.78, 5) is 12.6. The van der Waals surface area contributed by atoms with Gasteiger partial charge in [-0.15, -0.1) is 0 Å². The van der Waals surface area contributed by atoms with Crippen molar-refractivity contribution >= 4 is 23.2 Å². The highest BCUT2D eigenvalue weighted by molar-refractivity contribution is 6.31. The Labute approximate surface area is 201 Å². The lowest BCUT2D eigenvalue weighted by Gasteiger charge is -2.10. The van der Waals surface area contributed by atoms with E-state index in [1.54, 1.807) is 62.4 Å². The SMILES string of the molecule is Cc1nn(-c2ccc(NC(=O)c3ccc(OCc4ccc(C#N)cc4)cc3)cc2F)c(C)c1Cl. The normalized spacial score (nSPS) is 10.6. The summed E-state index contributed by atoms with van der Waals surface area (Å²) in [6.07, 6.45) is 0. The summed E-state index contributed by atoms with van der Waals surface area (Å²) in [6.45, 7) is 3.85. The molecule has 1 amide bonds. The van der Waals surface area contributed by atoms with E-state index in [9.17, 15) is 9.18 Å². The molecule has 170 valence electrons. The van der Waals surface area contributed by atoms with E-state index in [2.05, 4.69) is 16.5 Å². The number of carbonyl (C=O) groups excluding carboxylic acids is 1. The predicted molar refractivity (Wildman–Crippen MR) is 128 cm³/mol. The zero-order chi connectivity index (χ0) is 24.2. The third-order valence-corrected chi connectivity index (χ3v) is 5.79. The third-order valence-electron chi connectivity index (χ3n) is 5.24. The molecule has 0 atom stereocenters. The summed E-state index contributed by atoms with van der Waals surface area (Å²) >= 11 is 6.16. The number of hydrogen-bond acceptors (Lipinski definition) is 4. The molecule has 1 heterocycles. The average Bonchev–Trinajstić information content (AvgIpc) is 3.10. The molecule has 4 aromatic rings. The number of rotatable bonds is 6. The number of anilines is 1. The maximum atomic E-state index is 14.7. The monoisotopic (exact) mass is 474 g/mol. The number of hydrogen-bond donors (Lipinski definition) is 1. The zero-order valence-corrected chi connectivity index (χ0v) is 19.2. The standard InChI is InChI=1S/C26H20ClFN4O2/c1-16-25(27)17(2)32(31-16)24-12-9-21(13-23(24)28)30-26(33)20-7-10-22(11-8-20)34-15-19-5-3-18(14-29)4-6-19/h3-13H,15H2,1-2H3,(H,30,33). The van der Waals surface area contributed by atoms with Crippen LogP contribution < -0.4 is 10.1 Å². The van der Waals surface area contributed by atoms with Crippen LogP contribution in [0.2, 0.25) is 5.02 Å². The Morgan fingerprint density at radius 3 is 2.41 bits per heavy atom. The molecule has 0 fully saturated rings. The van der Waals surface area contributed by atoms with Crippen molar-refractivity contribution in [1.82, 2.24) is 9.78 Å².